The maximum Gasteiger partial charge on any atom is 0.270 e. The monoisotopic (exact) mass is 403 g/mol. The lowest BCUT2D eigenvalue weighted by atomic mass is 9.89. The number of sulfonamides is 1. The highest BCUT2D eigenvalue weighted by molar-refractivity contribution is 7.92. The molecular formula is C19H21N3O5S. The molecule has 9 heteroatoms. The molecule has 0 atom stereocenters. The van der Waals surface area contributed by atoms with Crippen LogP contribution in [0.4, 0.5) is 11.4 Å². The van der Waals surface area contributed by atoms with Gasteiger partial charge in [-0.2, -0.15) is 0 Å². The predicted octanol–water partition coefficient (Wildman–Crippen LogP) is 2.92. The first-order valence-electron chi connectivity index (χ1n) is 8.86. The number of carbonyl (C=O) groups excluding carboxylic acids is 1. The molecule has 1 fully saturated rings. The molecule has 148 valence electrons. The summed E-state index contributed by atoms with van der Waals surface area (Å²) in [6.07, 6.45) is 1.55. The molecule has 1 N–H and O–H groups in total. The van der Waals surface area contributed by atoms with Gasteiger partial charge in [-0.05, 0) is 51.2 Å². The van der Waals surface area contributed by atoms with E-state index in [1.165, 1.54) is 24.3 Å². The van der Waals surface area contributed by atoms with E-state index in [0.29, 0.717) is 5.56 Å². The predicted molar refractivity (Wildman–Crippen MR) is 105 cm³/mol. The highest BCUT2D eigenvalue weighted by atomic mass is 32.2. The molecule has 0 unspecified atom stereocenters. The van der Waals surface area contributed by atoms with E-state index in [0.717, 1.165) is 32.0 Å². The Morgan fingerprint density at radius 3 is 2.50 bits per heavy atom. The van der Waals surface area contributed by atoms with E-state index in [9.17, 15) is 23.3 Å². The van der Waals surface area contributed by atoms with E-state index >= 15 is 0 Å². The quantitative estimate of drug-likeness (QED) is 0.451. The Hall–Kier alpha value is -2.78. The van der Waals surface area contributed by atoms with Crippen LogP contribution in [0.25, 0.3) is 0 Å². The molecule has 2 aromatic carbocycles. The van der Waals surface area contributed by atoms with Gasteiger partial charge >= 0.3 is 0 Å². The summed E-state index contributed by atoms with van der Waals surface area (Å²) in [6.45, 7) is 1.71. The molecule has 2 aromatic rings. The first-order valence-corrected chi connectivity index (χ1v) is 10.3. The molecular weight excluding hydrogens is 382 g/mol. The van der Waals surface area contributed by atoms with Crippen molar-refractivity contribution in [3.05, 3.63) is 64.2 Å². The van der Waals surface area contributed by atoms with Crippen molar-refractivity contribution >= 4 is 27.2 Å². The molecule has 8 nitrogen and oxygen atoms in total. The fraction of sp³-hybridized carbons (Fsp3) is 0.316. The lowest BCUT2D eigenvalue weighted by Crippen LogP contribution is -2.33. The van der Waals surface area contributed by atoms with Crippen molar-refractivity contribution in [1.29, 1.82) is 0 Å². The van der Waals surface area contributed by atoms with Crippen molar-refractivity contribution in [3.63, 3.8) is 0 Å². The zero-order chi connectivity index (χ0) is 20.3. The van der Waals surface area contributed by atoms with Gasteiger partial charge in [-0.25, -0.2) is 8.42 Å². The van der Waals surface area contributed by atoms with Crippen LogP contribution in [0.15, 0.2) is 53.4 Å². The average Bonchev–Trinajstić information content (AvgIpc) is 2.68. The number of benzene rings is 2. The number of hydrogen-bond donors (Lipinski definition) is 1. The Kier molecular flexibility index (Phi) is 5.76. The number of carbonyl (C=O) groups is 1. The third kappa shape index (κ3) is 4.55. The first kappa shape index (κ1) is 20.0. The van der Waals surface area contributed by atoms with E-state index in [1.54, 1.807) is 18.2 Å². The summed E-state index contributed by atoms with van der Waals surface area (Å²) in [5.74, 6) is -0.0654. The van der Waals surface area contributed by atoms with E-state index in [2.05, 4.69) is 9.62 Å². The van der Waals surface area contributed by atoms with Gasteiger partial charge in [-0.15, -0.1) is 0 Å². The topological polar surface area (TPSA) is 110 Å². The van der Waals surface area contributed by atoms with Crippen molar-refractivity contribution < 1.29 is 18.1 Å². The number of piperidine rings is 1. The van der Waals surface area contributed by atoms with Gasteiger partial charge in [0.15, 0.2) is 5.78 Å². The van der Waals surface area contributed by atoms with Crippen molar-refractivity contribution in [3.8, 4) is 0 Å². The maximum atomic E-state index is 12.7. The minimum Gasteiger partial charge on any atom is -0.306 e. The minimum absolute atomic E-state index is 0.00416. The summed E-state index contributed by atoms with van der Waals surface area (Å²) in [7, 11) is -2.00. The van der Waals surface area contributed by atoms with Crippen LogP contribution < -0.4 is 4.72 Å². The Morgan fingerprint density at radius 2 is 1.82 bits per heavy atom. The number of non-ortho nitro benzene ring substituents is 1. The Morgan fingerprint density at radius 1 is 1.14 bits per heavy atom. The van der Waals surface area contributed by atoms with Gasteiger partial charge in [0.25, 0.3) is 15.7 Å². The number of nitro benzene ring substituents is 1. The number of nitro groups is 1. The summed E-state index contributed by atoms with van der Waals surface area (Å²) in [6, 6.07) is 11.2. The van der Waals surface area contributed by atoms with Gasteiger partial charge in [-0.3, -0.25) is 19.6 Å². The Balaban J connectivity index is 1.79. The summed E-state index contributed by atoms with van der Waals surface area (Å²) in [4.78, 5) is 24.9. The molecule has 3 rings (SSSR count). The number of nitrogens with one attached hydrogen (secondary N) is 1. The molecule has 1 saturated heterocycles. The number of anilines is 1. The molecule has 28 heavy (non-hydrogen) atoms. The van der Waals surface area contributed by atoms with Gasteiger partial charge in [0, 0.05) is 29.3 Å². The van der Waals surface area contributed by atoms with Crippen molar-refractivity contribution in [2.24, 2.45) is 5.92 Å². The van der Waals surface area contributed by atoms with Crippen LogP contribution in [-0.2, 0) is 10.0 Å². The van der Waals surface area contributed by atoms with Crippen LogP contribution in [0.3, 0.4) is 0 Å². The van der Waals surface area contributed by atoms with Crippen LogP contribution in [0, 0.1) is 16.0 Å². The fourth-order valence-corrected chi connectivity index (χ4v) is 4.31. The first-order chi connectivity index (χ1) is 13.3. The highest BCUT2D eigenvalue weighted by Crippen LogP contribution is 2.24. The number of hydrogen-bond acceptors (Lipinski definition) is 6. The molecule has 1 aliphatic rings. The Bertz CT molecular complexity index is 998. The maximum absolute atomic E-state index is 12.7. The zero-order valence-corrected chi connectivity index (χ0v) is 16.2. The van der Waals surface area contributed by atoms with Gasteiger partial charge in [0.05, 0.1) is 9.82 Å². The number of ketones is 1. The van der Waals surface area contributed by atoms with Crippen molar-refractivity contribution in [1.82, 2.24) is 4.90 Å². The third-order valence-electron chi connectivity index (χ3n) is 4.83. The summed E-state index contributed by atoms with van der Waals surface area (Å²) >= 11 is 0. The van der Waals surface area contributed by atoms with E-state index in [-0.39, 0.29) is 28.0 Å². The summed E-state index contributed by atoms with van der Waals surface area (Å²) in [5, 5.41) is 10.9. The molecule has 0 saturated carbocycles. The zero-order valence-electron chi connectivity index (χ0n) is 15.4. The van der Waals surface area contributed by atoms with E-state index in [4.69, 9.17) is 0 Å². The van der Waals surface area contributed by atoms with Gasteiger partial charge in [0.1, 0.15) is 0 Å². The summed E-state index contributed by atoms with van der Waals surface area (Å²) in [5.41, 5.74) is 0.383. The second-order valence-corrected chi connectivity index (χ2v) is 8.56. The van der Waals surface area contributed by atoms with Crippen LogP contribution in [0.5, 0.6) is 0 Å². The number of Topliss-reactive ketones (excluding diaryl/α,β-unsaturated/α-hetero) is 1. The average molecular weight is 403 g/mol. The van der Waals surface area contributed by atoms with Crippen LogP contribution >= 0.6 is 0 Å². The molecule has 0 aromatic heterocycles. The van der Waals surface area contributed by atoms with Gasteiger partial charge in [0.2, 0.25) is 0 Å². The normalized spacial score (nSPS) is 15.9. The van der Waals surface area contributed by atoms with Gasteiger partial charge < -0.3 is 4.90 Å². The lowest BCUT2D eigenvalue weighted by molar-refractivity contribution is -0.385. The largest absolute Gasteiger partial charge is 0.306 e. The minimum atomic E-state index is -4.02. The van der Waals surface area contributed by atoms with Crippen LogP contribution in [0.2, 0.25) is 0 Å². The molecule has 0 aliphatic carbocycles. The fourth-order valence-electron chi connectivity index (χ4n) is 3.22. The summed E-state index contributed by atoms with van der Waals surface area (Å²) < 4.78 is 27.5. The molecule has 0 spiro atoms. The molecule has 0 bridgehead atoms. The van der Waals surface area contributed by atoms with Crippen LogP contribution in [-0.4, -0.2) is 44.2 Å². The second kappa shape index (κ2) is 8.07. The molecule has 0 radical (unpaired) electrons. The number of rotatable bonds is 6. The number of nitrogens with zero attached hydrogens (tertiary/aromatic N) is 2. The van der Waals surface area contributed by atoms with E-state index in [1.807, 2.05) is 7.05 Å². The third-order valence-corrected chi connectivity index (χ3v) is 6.21. The molecule has 1 heterocycles. The smallest absolute Gasteiger partial charge is 0.270 e. The Labute approximate surface area is 163 Å². The second-order valence-electron chi connectivity index (χ2n) is 6.88. The highest BCUT2D eigenvalue weighted by Gasteiger charge is 2.25. The SMILES string of the molecule is CN1CCC(C(=O)c2cccc(NS(=O)(=O)c3cccc([N+](=O)[O-])c3)c2)CC1. The van der Waals surface area contributed by atoms with Crippen LogP contribution in [0.1, 0.15) is 23.2 Å². The number of likely N-dealkylation sites (tertiary alicyclic amines) is 1. The molecule has 0 amide bonds. The standard InChI is InChI=1S/C19H21N3O5S/c1-21-10-8-14(9-11-21)19(23)15-4-2-5-16(12-15)20-28(26,27)18-7-3-6-17(13-18)22(24)25/h2-7,12-14,20H,8-11H2,1H3. The molecule has 1 aliphatic heterocycles. The van der Waals surface area contributed by atoms with Gasteiger partial charge in [-0.1, -0.05) is 18.2 Å². The van der Waals surface area contributed by atoms with Crippen molar-refractivity contribution in [2.75, 3.05) is 24.9 Å². The lowest BCUT2D eigenvalue weighted by Gasteiger charge is -2.28. The van der Waals surface area contributed by atoms with Crippen molar-refractivity contribution in [2.45, 2.75) is 17.7 Å². The van der Waals surface area contributed by atoms with E-state index < -0.39 is 14.9 Å².